The van der Waals surface area contributed by atoms with Gasteiger partial charge in [0.25, 0.3) is 0 Å². The number of aliphatic hydroxyl groups excluding tert-OH is 1. The van der Waals surface area contributed by atoms with Crippen LogP contribution in [0.15, 0.2) is 36.8 Å². The molecule has 7 heteroatoms. The Hall–Kier alpha value is -2.90. The fourth-order valence-electron chi connectivity index (χ4n) is 3.82. The Kier molecular flexibility index (Phi) is 5.26. The van der Waals surface area contributed by atoms with Gasteiger partial charge >= 0.3 is 0 Å². The minimum atomic E-state index is -0.735. The molecule has 3 aromatic heterocycles. The lowest BCUT2D eigenvalue weighted by Gasteiger charge is -2.43. The third-order valence-electron chi connectivity index (χ3n) is 5.90. The number of carbonyl (C=O) groups excluding carboxylic acids is 1. The summed E-state index contributed by atoms with van der Waals surface area (Å²) in [7, 11) is 0. The number of primary amides is 1. The van der Waals surface area contributed by atoms with Crippen molar-refractivity contribution in [2.75, 3.05) is 6.61 Å². The number of hydrogen-bond acceptors (Lipinski definition) is 6. The third-order valence-corrected chi connectivity index (χ3v) is 5.90. The van der Waals surface area contributed by atoms with Crippen molar-refractivity contribution >= 4 is 16.7 Å². The van der Waals surface area contributed by atoms with Crippen LogP contribution in [0.1, 0.15) is 55.8 Å². The highest BCUT2D eigenvalue weighted by molar-refractivity contribution is 5.86. The lowest BCUT2D eigenvalue weighted by molar-refractivity contribution is -0.191. The third kappa shape index (κ3) is 3.44. The van der Waals surface area contributed by atoms with Crippen molar-refractivity contribution < 1.29 is 14.6 Å². The number of nitrogens with two attached hydrogens (primary N) is 1. The first-order chi connectivity index (χ1) is 14.3. The Morgan fingerprint density at radius 2 is 1.97 bits per heavy atom. The summed E-state index contributed by atoms with van der Waals surface area (Å²) < 4.78 is 5.59. The average molecular weight is 406 g/mol. The lowest BCUT2D eigenvalue weighted by atomic mass is 9.77. The molecule has 0 spiro atoms. The molecular formula is C23H26N4O3. The van der Waals surface area contributed by atoms with Gasteiger partial charge in [0.15, 0.2) is 0 Å². The van der Waals surface area contributed by atoms with Gasteiger partial charge in [-0.15, -0.1) is 0 Å². The van der Waals surface area contributed by atoms with Gasteiger partial charge in [-0.1, -0.05) is 13.3 Å². The van der Waals surface area contributed by atoms with Crippen LogP contribution in [0.25, 0.3) is 22.0 Å². The standard InChI is InChI=1S/C23H26N4O3/c1-4-5-20(28)18-6-13(2)16(11-27-18)17-7-14-10-26-19(8-15(14)9-25-17)21-23(3,12-30-21)22(24)29/h6-11,20-21,28H,4-5,12H2,1-3H3,(H2,24,29)/t20-,21?,23?/m1/s1. The summed E-state index contributed by atoms with van der Waals surface area (Å²) in [6.07, 6.45) is 5.92. The summed E-state index contributed by atoms with van der Waals surface area (Å²) in [5.41, 5.74) is 8.87. The van der Waals surface area contributed by atoms with E-state index >= 15 is 0 Å². The Balaban J connectivity index is 1.64. The molecule has 0 aromatic carbocycles. The Bertz CT molecular complexity index is 1120. The average Bonchev–Trinajstić information content (AvgIpc) is 2.72. The van der Waals surface area contributed by atoms with Gasteiger partial charge in [-0.3, -0.25) is 19.7 Å². The van der Waals surface area contributed by atoms with Crippen molar-refractivity contribution in [3.63, 3.8) is 0 Å². The van der Waals surface area contributed by atoms with Gasteiger partial charge in [-0.25, -0.2) is 0 Å². The second-order valence-corrected chi connectivity index (χ2v) is 8.23. The highest BCUT2D eigenvalue weighted by Crippen LogP contribution is 2.45. The first kappa shape index (κ1) is 20.4. The predicted octanol–water partition coefficient (Wildman–Crippen LogP) is 3.40. The monoisotopic (exact) mass is 406 g/mol. The van der Waals surface area contributed by atoms with Gasteiger partial charge < -0.3 is 15.6 Å². The first-order valence-electron chi connectivity index (χ1n) is 10.2. The van der Waals surface area contributed by atoms with E-state index in [1.807, 2.05) is 32.0 Å². The molecular weight excluding hydrogens is 380 g/mol. The van der Waals surface area contributed by atoms with Crippen LogP contribution in [0.2, 0.25) is 0 Å². The molecule has 1 saturated heterocycles. The number of hydrogen-bond donors (Lipinski definition) is 2. The maximum atomic E-state index is 11.8. The molecule has 156 valence electrons. The van der Waals surface area contributed by atoms with E-state index in [0.29, 0.717) is 24.4 Å². The molecule has 1 aliphatic rings. The van der Waals surface area contributed by atoms with Gasteiger partial charge in [0, 0.05) is 34.9 Å². The molecule has 3 N–H and O–H groups in total. The molecule has 0 radical (unpaired) electrons. The molecule has 3 aromatic rings. The number of aryl methyl sites for hydroxylation is 1. The van der Waals surface area contributed by atoms with E-state index in [1.165, 1.54) is 0 Å². The zero-order valence-electron chi connectivity index (χ0n) is 17.4. The molecule has 1 fully saturated rings. The number of amides is 1. The van der Waals surface area contributed by atoms with Gasteiger partial charge in [0.2, 0.25) is 5.91 Å². The van der Waals surface area contributed by atoms with E-state index in [2.05, 4.69) is 15.0 Å². The van der Waals surface area contributed by atoms with Crippen molar-refractivity contribution in [3.05, 3.63) is 53.7 Å². The molecule has 1 aliphatic heterocycles. The molecule has 4 rings (SSSR count). The fourth-order valence-corrected chi connectivity index (χ4v) is 3.82. The van der Waals surface area contributed by atoms with Crippen molar-refractivity contribution in [1.29, 1.82) is 0 Å². The van der Waals surface area contributed by atoms with Crippen LogP contribution < -0.4 is 5.73 Å². The highest BCUT2D eigenvalue weighted by atomic mass is 16.5. The summed E-state index contributed by atoms with van der Waals surface area (Å²) in [5, 5.41) is 12.0. The number of carbonyl (C=O) groups is 1. The summed E-state index contributed by atoms with van der Waals surface area (Å²) >= 11 is 0. The van der Waals surface area contributed by atoms with E-state index in [1.54, 1.807) is 25.5 Å². The number of fused-ring (bicyclic) bond motifs is 1. The Morgan fingerprint density at radius 3 is 2.60 bits per heavy atom. The van der Waals surface area contributed by atoms with Gasteiger partial charge in [-0.05, 0) is 44.0 Å². The van der Waals surface area contributed by atoms with Crippen LogP contribution in [0.4, 0.5) is 0 Å². The topological polar surface area (TPSA) is 111 Å². The molecule has 0 aliphatic carbocycles. The molecule has 7 nitrogen and oxygen atoms in total. The smallest absolute Gasteiger partial charge is 0.228 e. The second-order valence-electron chi connectivity index (χ2n) is 8.23. The lowest BCUT2D eigenvalue weighted by Crippen LogP contribution is -2.52. The predicted molar refractivity (Wildman–Crippen MR) is 113 cm³/mol. The number of rotatable bonds is 6. The summed E-state index contributed by atoms with van der Waals surface area (Å²) in [6, 6.07) is 5.78. The molecule has 0 saturated carbocycles. The Labute approximate surface area is 175 Å². The fraction of sp³-hybridized carbons (Fsp3) is 0.391. The summed E-state index contributed by atoms with van der Waals surface area (Å²) in [5.74, 6) is -0.385. The number of aromatic nitrogens is 3. The largest absolute Gasteiger partial charge is 0.387 e. The molecule has 4 heterocycles. The molecule has 2 unspecified atom stereocenters. The maximum Gasteiger partial charge on any atom is 0.228 e. The molecule has 30 heavy (non-hydrogen) atoms. The van der Waals surface area contributed by atoms with Crippen molar-refractivity contribution in [1.82, 2.24) is 15.0 Å². The van der Waals surface area contributed by atoms with Gasteiger partial charge in [-0.2, -0.15) is 0 Å². The zero-order chi connectivity index (χ0) is 21.5. The number of nitrogens with zero attached hydrogens (tertiary/aromatic N) is 3. The molecule has 0 bridgehead atoms. The van der Waals surface area contributed by atoms with Crippen LogP contribution in [0, 0.1) is 12.3 Å². The SMILES string of the molecule is CCC[C@@H](O)c1cc(C)c(-c2cc3cnc(C4OCC4(C)C(N)=O)cc3cn2)cn1. The van der Waals surface area contributed by atoms with Crippen LogP contribution in [0.5, 0.6) is 0 Å². The highest BCUT2D eigenvalue weighted by Gasteiger charge is 2.51. The number of aliphatic hydroxyl groups is 1. The second kappa shape index (κ2) is 7.74. The van der Waals surface area contributed by atoms with Crippen LogP contribution in [-0.2, 0) is 9.53 Å². The minimum Gasteiger partial charge on any atom is -0.387 e. The van der Waals surface area contributed by atoms with E-state index in [0.717, 1.165) is 34.0 Å². The van der Waals surface area contributed by atoms with E-state index in [4.69, 9.17) is 10.5 Å². The summed E-state index contributed by atoms with van der Waals surface area (Å²) in [6.45, 7) is 6.13. The van der Waals surface area contributed by atoms with Gasteiger partial charge in [0.1, 0.15) is 11.5 Å². The normalized spacial score (nSPS) is 21.9. The van der Waals surface area contributed by atoms with Crippen LogP contribution in [-0.4, -0.2) is 32.6 Å². The quantitative estimate of drug-likeness (QED) is 0.649. The van der Waals surface area contributed by atoms with Crippen LogP contribution >= 0.6 is 0 Å². The number of ether oxygens (including phenoxy) is 1. The first-order valence-corrected chi connectivity index (χ1v) is 10.2. The Morgan fingerprint density at radius 1 is 1.23 bits per heavy atom. The van der Waals surface area contributed by atoms with Crippen molar-refractivity contribution in [2.24, 2.45) is 11.1 Å². The van der Waals surface area contributed by atoms with Crippen molar-refractivity contribution in [2.45, 2.75) is 45.8 Å². The minimum absolute atomic E-state index is 0.305. The summed E-state index contributed by atoms with van der Waals surface area (Å²) in [4.78, 5) is 25.3. The molecule has 1 amide bonds. The van der Waals surface area contributed by atoms with Gasteiger partial charge in [0.05, 0.1) is 29.8 Å². The van der Waals surface area contributed by atoms with E-state index in [9.17, 15) is 9.90 Å². The zero-order valence-corrected chi connectivity index (χ0v) is 17.4. The van der Waals surface area contributed by atoms with E-state index < -0.39 is 17.6 Å². The van der Waals surface area contributed by atoms with Crippen molar-refractivity contribution in [3.8, 4) is 11.3 Å². The van der Waals surface area contributed by atoms with Crippen LogP contribution in [0.3, 0.4) is 0 Å². The molecule has 3 atom stereocenters. The number of pyridine rings is 3. The maximum absolute atomic E-state index is 11.8. The van der Waals surface area contributed by atoms with E-state index in [-0.39, 0.29) is 5.91 Å².